The Morgan fingerprint density at radius 3 is 2.48 bits per heavy atom. The number of nitrogens with zero attached hydrogens (tertiary/aromatic N) is 2. The molecule has 1 aromatic carbocycles. The number of benzene rings is 1. The maximum absolute atomic E-state index is 10.2. The van der Waals surface area contributed by atoms with E-state index in [0.717, 1.165) is 27.5 Å². The highest BCUT2D eigenvalue weighted by molar-refractivity contribution is 7.09. The molecule has 108 valence electrons. The van der Waals surface area contributed by atoms with Crippen LogP contribution in [0.1, 0.15) is 16.3 Å². The van der Waals surface area contributed by atoms with Crippen molar-refractivity contribution in [3.8, 4) is 34.0 Å². The summed E-state index contributed by atoms with van der Waals surface area (Å²) in [6, 6.07) is 2.93. The minimum absolute atomic E-state index is 0.00667. The molecule has 0 fully saturated rings. The van der Waals surface area contributed by atoms with Crippen molar-refractivity contribution in [3.63, 3.8) is 0 Å². The van der Waals surface area contributed by atoms with Gasteiger partial charge in [0.1, 0.15) is 17.2 Å². The number of rotatable bonds is 2. The van der Waals surface area contributed by atoms with Gasteiger partial charge in [-0.25, -0.2) is 4.98 Å². The predicted molar refractivity (Wildman–Crippen MR) is 82.7 cm³/mol. The summed E-state index contributed by atoms with van der Waals surface area (Å²) in [5, 5.41) is 30.0. The smallest absolute Gasteiger partial charge is 0.129 e. The Kier molecular flexibility index (Phi) is 3.17. The van der Waals surface area contributed by atoms with E-state index in [-0.39, 0.29) is 11.5 Å². The lowest BCUT2D eigenvalue weighted by molar-refractivity contribution is 0.451. The third-order valence-corrected chi connectivity index (χ3v) is 4.13. The number of phenolic OH excluding ortho intramolecular Hbond substituents is 2. The van der Waals surface area contributed by atoms with Crippen molar-refractivity contribution in [2.24, 2.45) is 0 Å². The first-order chi connectivity index (χ1) is 9.97. The lowest BCUT2D eigenvalue weighted by Gasteiger charge is -2.08. The molecular weight excluding hydrogens is 286 g/mol. The topological polar surface area (TPSA) is 82.0 Å². The number of aromatic hydroxyl groups is 2. The van der Waals surface area contributed by atoms with Crippen LogP contribution in [0, 0.1) is 20.8 Å². The van der Waals surface area contributed by atoms with Crippen molar-refractivity contribution in [1.82, 2.24) is 15.2 Å². The summed E-state index contributed by atoms with van der Waals surface area (Å²) in [6.45, 7) is 5.70. The van der Waals surface area contributed by atoms with Crippen LogP contribution in [0.15, 0.2) is 17.5 Å². The molecule has 0 saturated heterocycles. The number of thiazole rings is 1. The number of aromatic nitrogens is 3. The minimum atomic E-state index is 0.00667. The van der Waals surface area contributed by atoms with Gasteiger partial charge < -0.3 is 10.2 Å². The first-order valence-electron chi connectivity index (χ1n) is 6.47. The van der Waals surface area contributed by atoms with Gasteiger partial charge in [-0.1, -0.05) is 0 Å². The van der Waals surface area contributed by atoms with Crippen molar-refractivity contribution in [2.75, 3.05) is 0 Å². The fraction of sp³-hybridized carbons (Fsp3) is 0.200. The molecule has 3 rings (SSSR count). The van der Waals surface area contributed by atoms with Crippen LogP contribution in [0.3, 0.4) is 0 Å². The van der Waals surface area contributed by atoms with E-state index in [0.29, 0.717) is 11.3 Å². The molecule has 0 saturated carbocycles. The summed E-state index contributed by atoms with van der Waals surface area (Å²) in [6.07, 6.45) is 0. The van der Waals surface area contributed by atoms with Gasteiger partial charge in [0.05, 0.1) is 10.7 Å². The van der Waals surface area contributed by atoms with Gasteiger partial charge in [-0.15, -0.1) is 11.3 Å². The monoisotopic (exact) mass is 301 g/mol. The predicted octanol–water partition coefficient (Wildman–Crippen LogP) is 3.54. The molecule has 2 heterocycles. The number of phenols is 2. The molecule has 0 aliphatic rings. The van der Waals surface area contributed by atoms with Gasteiger partial charge in [-0.2, -0.15) is 5.10 Å². The number of aryl methyl sites for hydroxylation is 3. The van der Waals surface area contributed by atoms with E-state index in [1.165, 1.54) is 6.07 Å². The SMILES string of the molecule is Cc1nc(-c2c(-c3c(C)cc(O)cc3O)n[nH]c2C)cs1. The number of H-pyrrole nitrogens is 1. The van der Waals surface area contributed by atoms with E-state index in [2.05, 4.69) is 15.2 Å². The highest BCUT2D eigenvalue weighted by atomic mass is 32.1. The molecule has 0 aliphatic carbocycles. The van der Waals surface area contributed by atoms with Gasteiger partial charge in [-0.3, -0.25) is 5.10 Å². The average Bonchev–Trinajstić information content (AvgIpc) is 2.95. The molecule has 5 nitrogen and oxygen atoms in total. The molecule has 3 N–H and O–H groups in total. The van der Waals surface area contributed by atoms with Crippen LogP contribution < -0.4 is 0 Å². The van der Waals surface area contributed by atoms with E-state index in [1.54, 1.807) is 17.4 Å². The second-order valence-corrected chi connectivity index (χ2v) is 6.04. The molecular formula is C15H15N3O2S. The maximum Gasteiger partial charge on any atom is 0.129 e. The van der Waals surface area contributed by atoms with Gasteiger partial charge in [0, 0.05) is 28.3 Å². The molecule has 0 aliphatic heterocycles. The van der Waals surface area contributed by atoms with Gasteiger partial charge in [0.2, 0.25) is 0 Å². The van der Waals surface area contributed by atoms with Gasteiger partial charge in [0.15, 0.2) is 0 Å². The van der Waals surface area contributed by atoms with E-state index < -0.39 is 0 Å². The van der Waals surface area contributed by atoms with Crippen LogP contribution in [-0.2, 0) is 0 Å². The average molecular weight is 301 g/mol. The fourth-order valence-corrected chi connectivity index (χ4v) is 3.06. The number of nitrogens with one attached hydrogen (secondary N) is 1. The number of hydrogen-bond donors (Lipinski definition) is 3. The Balaban J connectivity index is 2.26. The molecule has 0 unspecified atom stereocenters. The quantitative estimate of drug-likeness (QED) is 0.676. The summed E-state index contributed by atoms with van der Waals surface area (Å²) in [7, 11) is 0. The maximum atomic E-state index is 10.2. The Labute approximate surface area is 125 Å². The molecule has 2 aromatic heterocycles. The van der Waals surface area contributed by atoms with Crippen LogP contribution in [0.5, 0.6) is 11.5 Å². The van der Waals surface area contributed by atoms with Crippen molar-refractivity contribution < 1.29 is 10.2 Å². The van der Waals surface area contributed by atoms with Crippen molar-refractivity contribution in [1.29, 1.82) is 0 Å². The summed E-state index contributed by atoms with van der Waals surface area (Å²) >= 11 is 1.57. The van der Waals surface area contributed by atoms with Gasteiger partial charge in [-0.05, 0) is 32.4 Å². The summed E-state index contributed by atoms with van der Waals surface area (Å²) in [4.78, 5) is 4.50. The minimum Gasteiger partial charge on any atom is -0.508 e. The van der Waals surface area contributed by atoms with Crippen molar-refractivity contribution >= 4 is 11.3 Å². The molecule has 6 heteroatoms. The third kappa shape index (κ3) is 2.27. The van der Waals surface area contributed by atoms with Crippen molar-refractivity contribution in [2.45, 2.75) is 20.8 Å². The van der Waals surface area contributed by atoms with Crippen LogP contribution in [0.4, 0.5) is 0 Å². The summed E-state index contributed by atoms with van der Waals surface area (Å²) < 4.78 is 0. The van der Waals surface area contributed by atoms with Crippen LogP contribution in [0.25, 0.3) is 22.5 Å². The largest absolute Gasteiger partial charge is 0.508 e. The van der Waals surface area contributed by atoms with E-state index in [4.69, 9.17) is 0 Å². The Hall–Kier alpha value is -2.34. The first-order valence-corrected chi connectivity index (χ1v) is 7.35. The van der Waals surface area contributed by atoms with Crippen LogP contribution in [-0.4, -0.2) is 25.4 Å². The highest BCUT2D eigenvalue weighted by Gasteiger charge is 2.21. The number of hydrogen-bond acceptors (Lipinski definition) is 5. The molecule has 0 spiro atoms. The molecule has 0 atom stereocenters. The Morgan fingerprint density at radius 2 is 1.86 bits per heavy atom. The van der Waals surface area contributed by atoms with Gasteiger partial charge in [0.25, 0.3) is 0 Å². The van der Waals surface area contributed by atoms with E-state index >= 15 is 0 Å². The lowest BCUT2D eigenvalue weighted by Crippen LogP contribution is -1.89. The Morgan fingerprint density at radius 1 is 1.10 bits per heavy atom. The molecule has 0 amide bonds. The van der Waals surface area contributed by atoms with E-state index in [9.17, 15) is 10.2 Å². The lowest BCUT2D eigenvalue weighted by atomic mass is 9.99. The molecule has 0 radical (unpaired) electrons. The van der Waals surface area contributed by atoms with Crippen molar-refractivity contribution in [3.05, 3.63) is 33.8 Å². The van der Waals surface area contributed by atoms with E-state index in [1.807, 2.05) is 26.2 Å². The van der Waals surface area contributed by atoms with Gasteiger partial charge >= 0.3 is 0 Å². The second-order valence-electron chi connectivity index (χ2n) is 4.98. The standard InChI is InChI=1S/C15H15N3O2S/c1-7-4-10(19)5-12(20)13(7)15-14(8(2)17-18-15)11-6-21-9(3)16-11/h4-6,19-20H,1-3H3,(H,17,18). The zero-order valence-corrected chi connectivity index (χ0v) is 12.7. The summed E-state index contributed by atoms with van der Waals surface area (Å²) in [5.41, 5.74) is 4.62. The van der Waals surface area contributed by atoms with Crippen LogP contribution in [0.2, 0.25) is 0 Å². The normalized spacial score (nSPS) is 11.0. The molecule has 3 aromatic rings. The van der Waals surface area contributed by atoms with Crippen LogP contribution >= 0.6 is 11.3 Å². The summed E-state index contributed by atoms with van der Waals surface area (Å²) in [5.74, 6) is 0.0410. The zero-order chi connectivity index (χ0) is 15.1. The Bertz CT molecular complexity index is 797. The number of aromatic amines is 1. The fourth-order valence-electron chi connectivity index (χ4n) is 2.46. The highest BCUT2D eigenvalue weighted by Crippen LogP contribution is 2.40. The first kappa shape index (κ1) is 13.6. The molecule has 21 heavy (non-hydrogen) atoms. The second kappa shape index (κ2) is 4.89. The third-order valence-electron chi connectivity index (χ3n) is 3.36. The zero-order valence-electron chi connectivity index (χ0n) is 11.9. The molecule has 0 bridgehead atoms.